The molecule has 1 atom stereocenters. The third-order valence-electron chi connectivity index (χ3n) is 3.72. The molecular formula is C19H18N4O. The third-order valence-corrected chi connectivity index (χ3v) is 3.72. The molecule has 1 unspecified atom stereocenters. The summed E-state index contributed by atoms with van der Waals surface area (Å²) in [5.41, 5.74) is 7.73. The molecule has 120 valence electrons. The van der Waals surface area contributed by atoms with Crippen molar-refractivity contribution in [2.45, 2.75) is 12.5 Å². The first kappa shape index (κ1) is 15.7. The summed E-state index contributed by atoms with van der Waals surface area (Å²) < 4.78 is 0. The minimum atomic E-state index is -0.585. The van der Waals surface area contributed by atoms with Crippen LogP contribution in [-0.2, 0) is 6.42 Å². The highest BCUT2D eigenvalue weighted by molar-refractivity contribution is 5.90. The van der Waals surface area contributed by atoms with Crippen LogP contribution in [0.15, 0.2) is 72.8 Å². The van der Waals surface area contributed by atoms with E-state index in [0.717, 1.165) is 12.0 Å². The van der Waals surface area contributed by atoms with E-state index in [1.807, 2.05) is 36.4 Å². The third kappa shape index (κ3) is 3.95. The second kappa shape index (κ2) is 7.37. The van der Waals surface area contributed by atoms with Gasteiger partial charge in [0.1, 0.15) is 5.82 Å². The Hall–Kier alpha value is -3.21. The summed E-state index contributed by atoms with van der Waals surface area (Å²) in [6.07, 6.45) is 0.810. The number of aromatic nitrogens is 2. The van der Waals surface area contributed by atoms with Crippen LogP contribution in [0.4, 0.5) is 5.82 Å². The topological polar surface area (TPSA) is 80.9 Å². The number of nitrogens with zero attached hydrogens (tertiary/aromatic N) is 2. The number of nitrogens with two attached hydrogens (primary N) is 1. The van der Waals surface area contributed by atoms with Crippen molar-refractivity contribution < 1.29 is 4.79 Å². The molecule has 0 saturated carbocycles. The molecule has 0 saturated heterocycles. The molecule has 5 nitrogen and oxygen atoms in total. The van der Waals surface area contributed by atoms with Crippen molar-refractivity contribution in [3.63, 3.8) is 0 Å². The maximum atomic E-state index is 11.1. The van der Waals surface area contributed by atoms with Gasteiger partial charge in [-0.3, -0.25) is 4.79 Å². The summed E-state index contributed by atoms with van der Waals surface area (Å²) in [5, 5.41) is 11.3. The van der Waals surface area contributed by atoms with E-state index in [1.165, 1.54) is 5.56 Å². The maximum Gasteiger partial charge on any atom is 0.269 e. The van der Waals surface area contributed by atoms with Crippen molar-refractivity contribution in [3.05, 3.63) is 89.6 Å². The molecule has 3 rings (SSSR count). The van der Waals surface area contributed by atoms with E-state index in [0.29, 0.717) is 5.82 Å². The van der Waals surface area contributed by atoms with Crippen LogP contribution >= 0.6 is 0 Å². The van der Waals surface area contributed by atoms with Crippen molar-refractivity contribution >= 4 is 11.7 Å². The first-order valence-corrected chi connectivity index (χ1v) is 7.71. The van der Waals surface area contributed by atoms with Gasteiger partial charge in [-0.2, -0.15) is 0 Å². The first-order chi connectivity index (χ1) is 11.7. The smallest absolute Gasteiger partial charge is 0.269 e. The summed E-state index contributed by atoms with van der Waals surface area (Å²) in [6, 6.07) is 23.7. The zero-order valence-electron chi connectivity index (χ0n) is 13.1. The zero-order valence-corrected chi connectivity index (χ0v) is 13.1. The molecule has 0 bridgehead atoms. The number of hydrogen-bond donors (Lipinski definition) is 2. The lowest BCUT2D eigenvalue weighted by Crippen LogP contribution is -2.17. The number of benzene rings is 2. The van der Waals surface area contributed by atoms with Gasteiger partial charge in [0.25, 0.3) is 5.91 Å². The average molecular weight is 318 g/mol. The Labute approximate surface area is 140 Å². The fourth-order valence-electron chi connectivity index (χ4n) is 2.51. The highest BCUT2D eigenvalue weighted by Crippen LogP contribution is 2.22. The predicted molar refractivity (Wildman–Crippen MR) is 93.5 cm³/mol. The first-order valence-electron chi connectivity index (χ1n) is 7.71. The SMILES string of the molecule is NC(=O)c1ccc(NC(Cc2ccccc2)c2ccccc2)nn1. The van der Waals surface area contributed by atoms with E-state index in [9.17, 15) is 4.79 Å². The number of carbonyl (C=O) groups excluding carboxylic acids is 1. The van der Waals surface area contributed by atoms with Gasteiger partial charge in [0, 0.05) is 0 Å². The standard InChI is InChI=1S/C19H18N4O/c20-19(24)16-11-12-18(23-22-16)21-17(15-9-5-2-6-10-15)13-14-7-3-1-4-8-14/h1-12,17H,13H2,(H2,20,24)(H,21,23). The van der Waals surface area contributed by atoms with Gasteiger partial charge < -0.3 is 11.1 Å². The highest BCUT2D eigenvalue weighted by Gasteiger charge is 2.13. The van der Waals surface area contributed by atoms with Gasteiger partial charge >= 0.3 is 0 Å². The van der Waals surface area contributed by atoms with Crippen molar-refractivity contribution in [1.29, 1.82) is 0 Å². The largest absolute Gasteiger partial charge is 0.364 e. The monoisotopic (exact) mass is 318 g/mol. The lowest BCUT2D eigenvalue weighted by molar-refractivity contribution is 0.0994. The number of rotatable bonds is 6. The maximum absolute atomic E-state index is 11.1. The Balaban J connectivity index is 1.83. The van der Waals surface area contributed by atoms with Gasteiger partial charge in [-0.1, -0.05) is 60.7 Å². The number of anilines is 1. The number of carbonyl (C=O) groups is 1. The normalized spacial score (nSPS) is 11.7. The van der Waals surface area contributed by atoms with Crippen molar-refractivity contribution in [2.75, 3.05) is 5.32 Å². The molecule has 0 aliphatic rings. The molecule has 1 aromatic heterocycles. The molecule has 2 aromatic carbocycles. The zero-order chi connectivity index (χ0) is 16.8. The minimum Gasteiger partial charge on any atom is -0.364 e. The van der Waals surface area contributed by atoms with E-state index in [4.69, 9.17) is 5.73 Å². The van der Waals surface area contributed by atoms with Crippen molar-refractivity contribution in [1.82, 2.24) is 10.2 Å². The second-order valence-electron chi connectivity index (χ2n) is 5.47. The lowest BCUT2D eigenvalue weighted by atomic mass is 9.99. The Morgan fingerprint density at radius 1 is 0.917 bits per heavy atom. The summed E-state index contributed by atoms with van der Waals surface area (Å²) in [6.45, 7) is 0. The molecule has 1 amide bonds. The van der Waals surface area contributed by atoms with Crippen LogP contribution in [0.3, 0.4) is 0 Å². The molecule has 3 aromatic rings. The summed E-state index contributed by atoms with van der Waals surface area (Å²) in [4.78, 5) is 11.1. The Bertz CT molecular complexity index is 789. The van der Waals surface area contributed by atoms with Crippen molar-refractivity contribution in [3.8, 4) is 0 Å². The molecule has 0 fully saturated rings. The Morgan fingerprint density at radius 3 is 2.17 bits per heavy atom. The molecule has 5 heteroatoms. The lowest BCUT2D eigenvalue weighted by Gasteiger charge is -2.20. The van der Waals surface area contributed by atoms with E-state index in [-0.39, 0.29) is 11.7 Å². The van der Waals surface area contributed by atoms with E-state index in [1.54, 1.807) is 12.1 Å². The Kier molecular flexibility index (Phi) is 4.81. The summed E-state index contributed by atoms with van der Waals surface area (Å²) >= 11 is 0. The summed E-state index contributed by atoms with van der Waals surface area (Å²) in [5.74, 6) is 0.0164. The van der Waals surface area contributed by atoms with Gasteiger partial charge in [-0.25, -0.2) is 0 Å². The summed E-state index contributed by atoms with van der Waals surface area (Å²) in [7, 11) is 0. The highest BCUT2D eigenvalue weighted by atomic mass is 16.1. The minimum absolute atomic E-state index is 0.0438. The van der Waals surface area contributed by atoms with Crippen LogP contribution in [0.2, 0.25) is 0 Å². The number of nitrogens with one attached hydrogen (secondary N) is 1. The molecule has 0 aliphatic carbocycles. The quantitative estimate of drug-likeness (QED) is 0.732. The van der Waals surface area contributed by atoms with Crippen LogP contribution in [0.5, 0.6) is 0 Å². The van der Waals surface area contributed by atoms with Crippen LogP contribution in [0.25, 0.3) is 0 Å². The molecule has 1 heterocycles. The fraction of sp³-hybridized carbons (Fsp3) is 0.105. The van der Waals surface area contributed by atoms with E-state index < -0.39 is 5.91 Å². The predicted octanol–water partition coefficient (Wildman–Crippen LogP) is 2.97. The number of hydrogen-bond acceptors (Lipinski definition) is 4. The second-order valence-corrected chi connectivity index (χ2v) is 5.47. The molecule has 24 heavy (non-hydrogen) atoms. The van der Waals surface area contributed by atoms with Crippen LogP contribution in [-0.4, -0.2) is 16.1 Å². The van der Waals surface area contributed by atoms with Gasteiger partial charge in [-0.15, -0.1) is 10.2 Å². The van der Waals surface area contributed by atoms with Gasteiger partial charge in [0.05, 0.1) is 6.04 Å². The number of primary amides is 1. The van der Waals surface area contributed by atoms with Crippen LogP contribution in [0, 0.1) is 0 Å². The fourth-order valence-corrected chi connectivity index (χ4v) is 2.51. The Morgan fingerprint density at radius 2 is 1.58 bits per heavy atom. The molecule has 0 spiro atoms. The molecule has 3 N–H and O–H groups in total. The average Bonchev–Trinajstić information content (AvgIpc) is 2.63. The van der Waals surface area contributed by atoms with Crippen molar-refractivity contribution in [2.24, 2.45) is 5.73 Å². The van der Waals surface area contributed by atoms with E-state index >= 15 is 0 Å². The number of amides is 1. The molecule has 0 aliphatic heterocycles. The van der Waals surface area contributed by atoms with Crippen LogP contribution in [0.1, 0.15) is 27.7 Å². The van der Waals surface area contributed by atoms with Crippen LogP contribution < -0.4 is 11.1 Å². The van der Waals surface area contributed by atoms with Gasteiger partial charge in [0.15, 0.2) is 5.69 Å². The van der Waals surface area contributed by atoms with E-state index in [2.05, 4.69) is 39.8 Å². The van der Waals surface area contributed by atoms with Gasteiger partial charge in [0.2, 0.25) is 0 Å². The molecule has 0 radical (unpaired) electrons. The van der Waals surface area contributed by atoms with Gasteiger partial charge in [-0.05, 0) is 29.7 Å². The molecular weight excluding hydrogens is 300 g/mol.